The van der Waals surface area contributed by atoms with Crippen molar-refractivity contribution in [3.8, 4) is 5.75 Å². The number of nitrogens with two attached hydrogens (primary N) is 1. The molecule has 0 saturated heterocycles. The Bertz CT molecular complexity index is 708. The molecule has 0 saturated carbocycles. The van der Waals surface area contributed by atoms with E-state index in [1.165, 1.54) is 19.2 Å². The van der Waals surface area contributed by atoms with Gasteiger partial charge in [0.05, 0.1) is 18.4 Å². The molecule has 0 unspecified atom stereocenters. The molecule has 0 heterocycles. The fourth-order valence-electron chi connectivity index (χ4n) is 1.73. The molecule has 3 N–H and O–H groups in total. The summed E-state index contributed by atoms with van der Waals surface area (Å²) in [5.74, 6) is -2.67. The highest BCUT2D eigenvalue weighted by Gasteiger charge is 2.18. The van der Waals surface area contributed by atoms with Gasteiger partial charge in [0.1, 0.15) is 11.4 Å². The Hall–Kier alpha value is -2.15. The van der Waals surface area contributed by atoms with Crippen LogP contribution < -0.4 is 15.8 Å². The van der Waals surface area contributed by atoms with E-state index in [0.717, 1.165) is 6.07 Å². The average Bonchev–Trinajstić information content (AvgIpc) is 2.47. The number of carbonyl (C=O) groups excluding carboxylic acids is 1. The number of anilines is 2. The topological polar surface area (TPSA) is 64.3 Å². The highest BCUT2D eigenvalue weighted by atomic mass is 79.9. The number of nitrogen functional groups attached to an aromatic ring is 1. The van der Waals surface area contributed by atoms with Crippen molar-refractivity contribution in [2.45, 2.75) is 0 Å². The Morgan fingerprint density at radius 1 is 1.29 bits per heavy atom. The number of benzene rings is 2. The molecule has 0 radical (unpaired) electrons. The van der Waals surface area contributed by atoms with Gasteiger partial charge in [-0.1, -0.05) is 15.9 Å². The van der Waals surface area contributed by atoms with Crippen LogP contribution in [0.3, 0.4) is 0 Å². The lowest BCUT2D eigenvalue weighted by atomic mass is 10.1. The minimum Gasteiger partial charge on any atom is -0.496 e. The van der Waals surface area contributed by atoms with Gasteiger partial charge in [-0.2, -0.15) is 0 Å². The molecule has 2 rings (SSSR count). The second kappa shape index (κ2) is 6.09. The highest BCUT2D eigenvalue weighted by molar-refractivity contribution is 9.10. The number of ether oxygens (including phenoxy) is 1. The largest absolute Gasteiger partial charge is 0.496 e. The molecular weight excluding hydrogens is 346 g/mol. The van der Waals surface area contributed by atoms with Crippen molar-refractivity contribution in [2.75, 3.05) is 18.2 Å². The Morgan fingerprint density at radius 3 is 2.67 bits per heavy atom. The Labute approximate surface area is 128 Å². The average molecular weight is 357 g/mol. The van der Waals surface area contributed by atoms with E-state index in [1.807, 2.05) is 0 Å². The summed E-state index contributed by atoms with van der Waals surface area (Å²) in [6.07, 6.45) is 0. The summed E-state index contributed by atoms with van der Waals surface area (Å²) in [5, 5.41) is 2.26. The van der Waals surface area contributed by atoms with Gasteiger partial charge in [-0.3, -0.25) is 4.79 Å². The van der Waals surface area contributed by atoms with E-state index in [0.29, 0.717) is 4.47 Å². The van der Waals surface area contributed by atoms with Crippen LogP contribution >= 0.6 is 15.9 Å². The second-order valence-corrected chi connectivity index (χ2v) is 5.04. The Morgan fingerprint density at radius 2 is 2.00 bits per heavy atom. The van der Waals surface area contributed by atoms with Crippen molar-refractivity contribution in [3.05, 3.63) is 52.0 Å². The van der Waals surface area contributed by atoms with Gasteiger partial charge < -0.3 is 15.8 Å². The van der Waals surface area contributed by atoms with E-state index in [1.54, 1.807) is 12.1 Å². The molecule has 4 nitrogen and oxygen atoms in total. The standard InChI is InChI=1S/C14H11BrF2N2O2/c1-21-11-6-7(15)2-3-8(11)14(20)19-13-10(18)5-4-9(16)12(13)17/h2-6H,18H2,1H3,(H,19,20). The van der Waals surface area contributed by atoms with Gasteiger partial charge in [-0.15, -0.1) is 0 Å². The van der Waals surface area contributed by atoms with E-state index in [4.69, 9.17) is 10.5 Å². The molecule has 110 valence electrons. The first-order valence-electron chi connectivity index (χ1n) is 5.82. The van der Waals surface area contributed by atoms with Crippen LogP contribution in [0.25, 0.3) is 0 Å². The molecule has 0 aliphatic heterocycles. The van der Waals surface area contributed by atoms with Gasteiger partial charge in [-0.05, 0) is 30.3 Å². The molecule has 0 atom stereocenters. The number of methoxy groups -OCH3 is 1. The summed E-state index contributed by atoms with van der Waals surface area (Å²) in [6.45, 7) is 0. The minimum absolute atomic E-state index is 0.0710. The van der Waals surface area contributed by atoms with Crippen LogP contribution in [0.1, 0.15) is 10.4 Å². The number of hydrogen-bond donors (Lipinski definition) is 2. The fraction of sp³-hybridized carbons (Fsp3) is 0.0714. The Kier molecular flexibility index (Phi) is 4.42. The zero-order chi connectivity index (χ0) is 15.6. The third kappa shape index (κ3) is 3.13. The number of rotatable bonds is 3. The SMILES string of the molecule is COc1cc(Br)ccc1C(=O)Nc1c(N)ccc(F)c1F. The molecule has 0 bridgehead atoms. The molecule has 0 aliphatic carbocycles. The predicted octanol–water partition coefficient (Wildman–Crippen LogP) is 3.57. The van der Waals surface area contributed by atoms with Crippen molar-refractivity contribution >= 4 is 33.2 Å². The molecule has 7 heteroatoms. The van der Waals surface area contributed by atoms with E-state index in [-0.39, 0.29) is 17.0 Å². The maximum Gasteiger partial charge on any atom is 0.259 e. The van der Waals surface area contributed by atoms with Crippen LogP contribution in [0.15, 0.2) is 34.8 Å². The monoisotopic (exact) mass is 356 g/mol. The van der Waals surface area contributed by atoms with Crippen molar-refractivity contribution in [3.63, 3.8) is 0 Å². The van der Waals surface area contributed by atoms with E-state index < -0.39 is 23.2 Å². The summed E-state index contributed by atoms with van der Waals surface area (Å²) < 4.78 is 32.7. The van der Waals surface area contributed by atoms with Crippen molar-refractivity contribution < 1.29 is 18.3 Å². The van der Waals surface area contributed by atoms with Crippen LogP contribution in [-0.4, -0.2) is 13.0 Å². The second-order valence-electron chi connectivity index (χ2n) is 4.12. The Balaban J connectivity index is 2.37. The minimum atomic E-state index is -1.21. The normalized spacial score (nSPS) is 10.3. The predicted molar refractivity (Wildman–Crippen MR) is 79.4 cm³/mol. The third-order valence-corrected chi connectivity index (χ3v) is 3.27. The lowest BCUT2D eigenvalue weighted by Gasteiger charge is -2.12. The van der Waals surface area contributed by atoms with Gasteiger partial charge in [-0.25, -0.2) is 8.78 Å². The third-order valence-electron chi connectivity index (χ3n) is 2.77. The van der Waals surface area contributed by atoms with Gasteiger partial charge in [0.15, 0.2) is 11.6 Å². The number of carbonyl (C=O) groups is 1. The molecule has 2 aromatic rings. The molecule has 21 heavy (non-hydrogen) atoms. The van der Waals surface area contributed by atoms with E-state index in [2.05, 4.69) is 21.2 Å². The van der Waals surface area contributed by atoms with Crippen LogP contribution in [0, 0.1) is 11.6 Å². The summed E-state index contributed by atoms with van der Waals surface area (Å²) in [4.78, 5) is 12.2. The van der Waals surface area contributed by atoms with Crippen LogP contribution in [0.5, 0.6) is 5.75 Å². The van der Waals surface area contributed by atoms with Crippen LogP contribution in [0.4, 0.5) is 20.2 Å². The lowest BCUT2D eigenvalue weighted by Crippen LogP contribution is -2.16. The van der Waals surface area contributed by atoms with Gasteiger partial charge >= 0.3 is 0 Å². The first-order valence-corrected chi connectivity index (χ1v) is 6.61. The first kappa shape index (κ1) is 15.2. The molecule has 1 amide bonds. The summed E-state index contributed by atoms with van der Waals surface area (Å²) in [6, 6.07) is 6.77. The molecule has 0 fully saturated rings. The maximum atomic E-state index is 13.7. The van der Waals surface area contributed by atoms with E-state index in [9.17, 15) is 13.6 Å². The molecule has 0 aliphatic rings. The van der Waals surface area contributed by atoms with Gasteiger partial charge in [0.25, 0.3) is 5.91 Å². The fourth-order valence-corrected chi connectivity index (χ4v) is 2.07. The van der Waals surface area contributed by atoms with Crippen molar-refractivity contribution in [2.24, 2.45) is 0 Å². The van der Waals surface area contributed by atoms with Crippen LogP contribution in [-0.2, 0) is 0 Å². The summed E-state index contributed by atoms with van der Waals surface area (Å²) >= 11 is 3.24. The number of nitrogens with one attached hydrogen (secondary N) is 1. The number of halogens is 3. The van der Waals surface area contributed by atoms with Gasteiger partial charge in [0.2, 0.25) is 0 Å². The smallest absolute Gasteiger partial charge is 0.259 e. The molecule has 0 aromatic heterocycles. The van der Waals surface area contributed by atoms with Crippen LogP contribution in [0.2, 0.25) is 0 Å². The molecule has 2 aromatic carbocycles. The van der Waals surface area contributed by atoms with Crippen molar-refractivity contribution in [1.29, 1.82) is 0 Å². The van der Waals surface area contributed by atoms with E-state index >= 15 is 0 Å². The number of hydrogen-bond acceptors (Lipinski definition) is 3. The lowest BCUT2D eigenvalue weighted by molar-refractivity contribution is 0.102. The zero-order valence-electron chi connectivity index (χ0n) is 10.9. The highest BCUT2D eigenvalue weighted by Crippen LogP contribution is 2.28. The summed E-state index contributed by atoms with van der Waals surface area (Å²) in [5.41, 5.74) is 5.25. The van der Waals surface area contributed by atoms with Crippen molar-refractivity contribution in [1.82, 2.24) is 0 Å². The first-order chi connectivity index (χ1) is 9.93. The zero-order valence-corrected chi connectivity index (χ0v) is 12.5. The molecule has 0 spiro atoms. The number of amides is 1. The summed E-state index contributed by atoms with van der Waals surface area (Å²) in [7, 11) is 1.40. The molecular formula is C14H11BrF2N2O2. The van der Waals surface area contributed by atoms with Gasteiger partial charge in [0, 0.05) is 4.47 Å². The maximum absolute atomic E-state index is 13.7. The quantitative estimate of drug-likeness (QED) is 0.826.